The molecular weight excluding hydrogens is 224 g/mol. The Hall–Kier alpha value is -0.830. The lowest BCUT2D eigenvalue weighted by Gasteiger charge is -2.26. The molecule has 0 saturated carbocycles. The Morgan fingerprint density at radius 2 is 1.83 bits per heavy atom. The number of carbonyl (C=O) groups is 1. The van der Waals surface area contributed by atoms with E-state index in [0.29, 0.717) is 0 Å². The first-order chi connectivity index (χ1) is 8.83. The molecule has 0 aromatic carbocycles. The number of nitrogens with one attached hydrogen (secondary N) is 1. The smallest absolute Gasteiger partial charge is 0.243 e. The van der Waals surface area contributed by atoms with E-state index in [4.69, 9.17) is 0 Å². The number of unbranched alkanes of at least 4 members (excludes halogenated alkanes) is 3. The van der Waals surface area contributed by atoms with Crippen molar-refractivity contribution in [2.75, 3.05) is 26.2 Å². The Morgan fingerprint density at radius 3 is 2.56 bits per heavy atom. The zero-order valence-corrected chi connectivity index (χ0v) is 11.8. The second-order valence-corrected chi connectivity index (χ2v) is 5.11. The fourth-order valence-electron chi connectivity index (χ4n) is 2.42. The van der Waals surface area contributed by atoms with Gasteiger partial charge in [-0.25, -0.2) is 0 Å². The summed E-state index contributed by atoms with van der Waals surface area (Å²) < 4.78 is 0. The molecule has 0 atom stereocenters. The van der Waals surface area contributed by atoms with Crippen molar-refractivity contribution in [3.8, 4) is 0 Å². The summed E-state index contributed by atoms with van der Waals surface area (Å²) in [6.07, 6.45) is 12.5. The van der Waals surface area contributed by atoms with E-state index in [0.717, 1.165) is 13.0 Å². The van der Waals surface area contributed by atoms with Crippen LogP contribution in [0.2, 0.25) is 0 Å². The van der Waals surface area contributed by atoms with E-state index in [1.54, 1.807) is 12.2 Å². The maximum Gasteiger partial charge on any atom is 0.243 e. The predicted molar refractivity (Wildman–Crippen MR) is 76.6 cm³/mol. The van der Waals surface area contributed by atoms with Crippen LogP contribution >= 0.6 is 0 Å². The van der Waals surface area contributed by atoms with Crippen LogP contribution in [0, 0.1) is 0 Å². The van der Waals surface area contributed by atoms with Crippen molar-refractivity contribution in [1.29, 1.82) is 0 Å². The van der Waals surface area contributed by atoms with Gasteiger partial charge in [0.25, 0.3) is 0 Å². The van der Waals surface area contributed by atoms with Gasteiger partial charge in [-0.1, -0.05) is 25.3 Å². The molecule has 0 unspecified atom stereocenters. The van der Waals surface area contributed by atoms with Gasteiger partial charge in [0.1, 0.15) is 0 Å². The maximum absolute atomic E-state index is 11.1. The SMILES string of the molecule is C/C=C/C(=O)NCCCCCCN1CCCCC1. The number of carbonyl (C=O) groups excluding carboxylic acids is 1. The van der Waals surface area contributed by atoms with Crippen molar-refractivity contribution in [2.45, 2.75) is 51.9 Å². The third-order valence-electron chi connectivity index (χ3n) is 3.47. The van der Waals surface area contributed by atoms with Crippen molar-refractivity contribution in [3.05, 3.63) is 12.2 Å². The average molecular weight is 252 g/mol. The molecule has 0 aromatic heterocycles. The number of allylic oxidation sites excluding steroid dienone is 1. The second kappa shape index (κ2) is 10.1. The zero-order chi connectivity index (χ0) is 13.1. The Kier molecular flexibility index (Phi) is 8.57. The average Bonchev–Trinajstić information content (AvgIpc) is 2.39. The fraction of sp³-hybridized carbons (Fsp3) is 0.800. The van der Waals surface area contributed by atoms with Gasteiger partial charge < -0.3 is 10.2 Å². The maximum atomic E-state index is 11.1. The number of likely N-dealkylation sites (tertiary alicyclic amines) is 1. The molecule has 1 fully saturated rings. The number of rotatable bonds is 8. The zero-order valence-electron chi connectivity index (χ0n) is 11.8. The standard InChI is InChI=1S/C15H28N2O/c1-2-10-15(18)16-11-6-3-4-7-12-17-13-8-5-9-14-17/h2,10H,3-9,11-14H2,1H3,(H,16,18)/b10-2+. The van der Waals surface area contributed by atoms with Crippen LogP contribution in [0.3, 0.4) is 0 Å². The van der Waals surface area contributed by atoms with Crippen LogP contribution in [-0.4, -0.2) is 37.0 Å². The Morgan fingerprint density at radius 1 is 1.11 bits per heavy atom. The molecule has 0 radical (unpaired) electrons. The molecule has 18 heavy (non-hydrogen) atoms. The number of nitrogens with zero attached hydrogens (tertiary/aromatic N) is 1. The highest BCUT2D eigenvalue weighted by Gasteiger charge is 2.08. The molecule has 3 nitrogen and oxygen atoms in total. The summed E-state index contributed by atoms with van der Waals surface area (Å²) in [5.41, 5.74) is 0. The summed E-state index contributed by atoms with van der Waals surface area (Å²) in [5, 5.41) is 2.89. The van der Waals surface area contributed by atoms with Crippen molar-refractivity contribution in [2.24, 2.45) is 0 Å². The number of piperidine rings is 1. The molecule has 1 rings (SSSR count). The van der Waals surface area contributed by atoms with Gasteiger partial charge in [-0.15, -0.1) is 0 Å². The van der Waals surface area contributed by atoms with Crippen LogP contribution in [0.25, 0.3) is 0 Å². The Balaban J connectivity index is 1.85. The minimum Gasteiger partial charge on any atom is -0.353 e. The van der Waals surface area contributed by atoms with Gasteiger partial charge in [0.15, 0.2) is 0 Å². The van der Waals surface area contributed by atoms with Crippen LogP contribution in [0.4, 0.5) is 0 Å². The molecule has 0 bridgehead atoms. The molecule has 1 amide bonds. The molecule has 1 aliphatic rings. The van der Waals surface area contributed by atoms with E-state index in [1.165, 1.54) is 58.2 Å². The Bertz CT molecular complexity index is 245. The lowest BCUT2D eigenvalue weighted by atomic mass is 10.1. The molecule has 0 aliphatic carbocycles. The highest BCUT2D eigenvalue weighted by molar-refractivity contribution is 5.87. The normalized spacial score (nSPS) is 17.2. The van der Waals surface area contributed by atoms with Gasteiger partial charge in [0.2, 0.25) is 5.91 Å². The molecule has 0 spiro atoms. The summed E-state index contributed by atoms with van der Waals surface area (Å²) in [7, 11) is 0. The highest BCUT2D eigenvalue weighted by atomic mass is 16.1. The molecule has 3 heteroatoms. The third-order valence-corrected chi connectivity index (χ3v) is 3.47. The van der Waals surface area contributed by atoms with Crippen LogP contribution in [-0.2, 0) is 4.79 Å². The largest absolute Gasteiger partial charge is 0.353 e. The van der Waals surface area contributed by atoms with Crippen molar-refractivity contribution in [1.82, 2.24) is 10.2 Å². The van der Waals surface area contributed by atoms with E-state index in [-0.39, 0.29) is 5.91 Å². The van der Waals surface area contributed by atoms with Crippen LogP contribution in [0.5, 0.6) is 0 Å². The molecule has 1 heterocycles. The molecule has 1 saturated heterocycles. The van der Waals surface area contributed by atoms with E-state index in [9.17, 15) is 4.79 Å². The molecule has 0 aromatic rings. The number of amides is 1. The van der Waals surface area contributed by atoms with Gasteiger partial charge in [0, 0.05) is 6.54 Å². The first-order valence-corrected chi connectivity index (χ1v) is 7.46. The topological polar surface area (TPSA) is 32.3 Å². The summed E-state index contributed by atoms with van der Waals surface area (Å²) in [4.78, 5) is 13.7. The highest BCUT2D eigenvalue weighted by Crippen LogP contribution is 2.10. The second-order valence-electron chi connectivity index (χ2n) is 5.11. The van der Waals surface area contributed by atoms with Gasteiger partial charge in [0.05, 0.1) is 0 Å². The lowest BCUT2D eigenvalue weighted by molar-refractivity contribution is -0.116. The van der Waals surface area contributed by atoms with E-state index < -0.39 is 0 Å². The lowest BCUT2D eigenvalue weighted by Crippen LogP contribution is -2.30. The summed E-state index contributed by atoms with van der Waals surface area (Å²) in [5.74, 6) is 0.0332. The van der Waals surface area contributed by atoms with Gasteiger partial charge >= 0.3 is 0 Å². The van der Waals surface area contributed by atoms with Crippen LogP contribution in [0.15, 0.2) is 12.2 Å². The molecule has 104 valence electrons. The summed E-state index contributed by atoms with van der Waals surface area (Å²) >= 11 is 0. The first-order valence-electron chi connectivity index (χ1n) is 7.46. The van der Waals surface area contributed by atoms with Crippen molar-refractivity contribution < 1.29 is 4.79 Å². The minimum atomic E-state index is 0.0332. The molecule has 1 aliphatic heterocycles. The summed E-state index contributed by atoms with van der Waals surface area (Å²) in [6, 6.07) is 0. The molecular formula is C15H28N2O. The first kappa shape index (κ1) is 15.2. The van der Waals surface area contributed by atoms with Crippen molar-refractivity contribution in [3.63, 3.8) is 0 Å². The van der Waals surface area contributed by atoms with Crippen LogP contribution < -0.4 is 5.32 Å². The van der Waals surface area contributed by atoms with E-state index in [1.807, 2.05) is 6.92 Å². The van der Waals surface area contributed by atoms with E-state index >= 15 is 0 Å². The van der Waals surface area contributed by atoms with E-state index in [2.05, 4.69) is 10.2 Å². The summed E-state index contributed by atoms with van der Waals surface area (Å²) in [6.45, 7) is 6.55. The monoisotopic (exact) mass is 252 g/mol. The van der Waals surface area contributed by atoms with Gasteiger partial charge in [-0.05, 0) is 58.3 Å². The fourth-order valence-corrected chi connectivity index (χ4v) is 2.42. The third kappa shape index (κ3) is 7.49. The predicted octanol–water partition coefficient (Wildman–Crippen LogP) is 2.73. The van der Waals surface area contributed by atoms with Crippen LogP contribution in [0.1, 0.15) is 51.9 Å². The minimum absolute atomic E-state index is 0.0332. The number of hydrogen-bond donors (Lipinski definition) is 1. The van der Waals surface area contributed by atoms with Gasteiger partial charge in [-0.3, -0.25) is 4.79 Å². The van der Waals surface area contributed by atoms with Gasteiger partial charge in [-0.2, -0.15) is 0 Å². The molecule has 1 N–H and O–H groups in total. The Labute approximate surface area is 112 Å². The van der Waals surface area contributed by atoms with Crippen molar-refractivity contribution >= 4 is 5.91 Å². The number of hydrogen-bond acceptors (Lipinski definition) is 2. The quantitative estimate of drug-likeness (QED) is 0.532.